The fraction of sp³-hybridized carbons (Fsp3) is 0.769. The Morgan fingerprint density at radius 1 is 0.910 bits per heavy atom. The Kier molecular flexibility index (Phi) is 21.4. The molecule has 0 bridgehead atoms. The molecule has 0 amide bonds. The molecule has 1 aromatic rings. The minimum atomic E-state index is -3.81. The van der Waals surface area contributed by atoms with Crippen LogP contribution in [0.5, 0.6) is 0 Å². The van der Waals surface area contributed by atoms with Gasteiger partial charge < -0.3 is 37.6 Å². The van der Waals surface area contributed by atoms with Gasteiger partial charge in [-0.2, -0.15) is 0 Å². The van der Waals surface area contributed by atoms with Crippen molar-refractivity contribution in [3.05, 3.63) is 54.6 Å². The summed E-state index contributed by atoms with van der Waals surface area (Å²) in [6.07, 6.45) is 0.161. The number of carbonyl (C=O) groups excluding carboxylic acids is 2. The summed E-state index contributed by atoms with van der Waals surface area (Å²) in [5, 5.41) is 11.2. The van der Waals surface area contributed by atoms with E-state index in [0.717, 1.165) is 18.4 Å². The van der Waals surface area contributed by atoms with Crippen LogP contribution in [0.3, 0.4) is 0 Å². The molecule has 3 rings (SSSR count). The Balaban J connectivity index is 1.82. The first-order valence-electron chi connectivity index (χ1n) is 24.5. The SMILES string of the molecule is C=C1C[C@H](CCCOC(=O)C(C)(C)C)O[C@H]1CC[C@H](O)C[C@@H](C)C(=C)[C@@H](C[C@@H]1O[C@H](C[C@@H](CO[Si](C)(C)C(C)(C)C)O[Si](C)(C)C(C)(C)C)[C@H](OC)[C@H]1CS(=O)(=O)c1ccccc1)OC(C)=O. The third-order valence-corrected chi connectivity index (χ3v) is 25.5. The lowest BCUT2D eigenvalue weighted by molar-refractivity contribution is -0.153. The van der Waals surface area contributed by atoms with E-state index in [1.54, 1.807) is 37.4 Å². The van der Waals surface area contributed by atoms with Crippen LogP contribution in [-0.4, -0.2) is 117 Å². The van der Waals surface area contributed by atoms with Crippen molar-refractivity contribution in [2.24, 2.45) is 17.3 Å². The second-order valence-electron chi connectivity index (χ2n) is 23.4. The molecule has 0 aliphatic carbocycles. The number of ether oxygens (including phenoxy) is 5. The molecule has 0 unspecified atom stereocenters. The molecule has 12 nitrogen and oxygen atoms in total. The van der Waals surface area contributed by atoms with Gasteiger partial charge in [0, 0.05) is 32.8 Å². The number of rotatable bonds is 25. The highest BCUT2D eigenvalue weighted by Crippen LogP contribution is 2.43. The molecule has 10 atom stereocenters. The number of carbonyl (C=O) groups is 2. The zero-order valence-electron chi connectivity index (χ0n) is 44.2. The molecule has 1 aromatic carbocycles. The van der Waals surface area contributed by atoms with Crippen molar-refractivity contribution in [1.29, 1.82) is 0 Å². The molecule has 2 saturated heterocycles. The molecule has 1 N–H and O–H groups in total. The van der Waals surface area contributed by atoms with Crippen molar-refractivity contribution in [1.82, 2.24) is 0 Å². The molecular weight excluding hydrogens is 905 g/mol. The van der Waals surface area contributed by atoms with Gasteiger partial charge in [0.25, 0.3) is 0 Å². The summed E-state index contributed by atoms with van der Waals surface area (Å²) < 4.78 is 73.1. The van der Waals surface area contributed by atoms with E-state index >= 15 is 0 Å². The maximum Gasteiger partial charge on any atom is 0.311 e. The summed E-state index contributed by atoms with van der Waals surface area (Å²) >= 11 is 0. The first-order valence-corrected chi connectivity index (χ1v) is 32.0. The summed E-state index contributed by atoms with van der Waals surface area (Å²) in [7, 11) is -6.73. The predicted octanol–water partition coefficient (Wildman–Crippen LogP) is 10.8. The molecule has 0 radical (unpaired) electrons. The molecule has 0 saturated carbocycles. The second kappa shape index (κ2) is 24.3. The number of benzene rings is 1. The molecule has 0 spiro atoms. The lowest BCUT2D eigenvalue weighted by atomic mass is 9.86. The minimum Gasteiger partial charge on any atom is -0.465 e. The van der Waals surface area contributed by atoms with E-state index in [1.165, 1.54) is 6.92 Å². The lowest BCUT2D eigenvalue weighted by Crippen LogP contribution is -2.49. The Bertz CT molecular complexity index is 1880. The number of aliphatic hydroxyl groups excluding tert-OH is 1. The number of hydrogen-bond acceptors (Lipinski definition) is 12. The van der Waals surface area contributed by atoms with Crippen LogP contribution in [0.15, 0.2) is 59.5 Å². The Hall–Kier alpha value is -2.22. The van der Waals surface area contributed by atoms with Crippen LogP contribution in [0, 0.1) is 17.3 Å². The molecule has 2 fully saturated rings. The summed E-state index contributed by atoms with van der Waals surface area (Å²) in [5.74, 6) is -1.88. The number of methoxy groups -OCH3 is 1. The van der Waals surface area contributed by atoms with Crippen LogP contribution in [0.4, 0.5) is 0 Å². The van der Waals surface area contributed by atoms with Gasteiger partial charge >= 0.3 is 11.9 Å². The van der Waals surface area contributed by atoms with Gasteiger partial charge in [0.2, 0.25) is 0 Å². The molecule has 384 valence electrons. The van der Waals surface area contributed by atoms with Crippen molar-refractivity contribution in [3.63, 3.8) is 0 Å². The van der Waals surface area contributed by atoms with E-state index in [1.807, 2.05) is 27.7 Å². The number of sulfone groups is 1. The number of aliphatic hydroxyl groups is 1. The molecular formula is C52H90O12SSi2. The van der Waals surface area contributed by atoms with Gasteiger partial charge in [-0.1, -0.05) is 79.8 Å². The standard InChI is InChI=1S/C52H90O12SSi2/c1-35(29-39(54)26-27-44-36(2)30-40(62-44)23-22-28-59-49(55)50(5,6)7)37(3)45(61-38(4)53)32-46-43(34-65(56,57)42-24-20-19-21-25-42)48(58-14)47(63-46)31-41(64-67(17,18)52(11,12)13)33-60-66(15,16)51(8,9)10/h19-21,24-25,35,39-41,43-48,54H,2-3,22-23,26-34H2,1,4-18H3/t35-,39+,40+,41+,43+,44+,45-,46+,47-,48-/m1/s1. The van der Waals surface area contributed by atoms with Gasteiger partial charge in [0.1, 0.15) is 6.10 Å². The lowest BCUT2D eigenvalue weighted by Gasteiger charge is -2.42. The quantitative estimate of drug-likeness (QED) is 0.0429. The van der Waals surface area contributed by atoms with Crippen molar-refractivity contribution < 1.29 is 55.6 Å². The van der Waals surface area contributed by atoms with Crippen molar-refractivity contribution in [2.45, 2.75) is 218 Å². The Morgan fingerprint density at radius 3 is 2.07 bits per heavy atom. The summed E-state index contributed by atoms with van der Waals surface area (Å²) in [4.78, 5) is 25.1. The normalized spacial score (nSPS) is 24.0. The maximum absolute atomic E-state index is 14.2. The maximum atomic E-state index is 14.2. The molecule has 0 aromatic heterocycles. The van der Waals surface area contributed by atoms with Crippen molar-refractivity contribution in [3.8, 4) is 0 Å². The van der Waals surface area contributed by atoms with Crippen molar-refractivity contribution >= 4 is 38.4 Å². The van der Waals surface area contributed by atoms with E-state index in [2.05, 4.69) is 80.9 Å². The van der Waals surface area contributed by atoms with Crippen LogP contribution in [0.25, 0.3) is 0 Å². The number of esters is 2. The molecule has 15 heteroatoms. The Labute approximate surface area is 407 Å². The third-order valence-electron chi connectivity index (χ3n) is 14.6. The molecule has 2 aliphatic heterocycles. The topological polar surface area (TPSA) is 153 Å². The third kappa shape index (κ3) is 17.6. The van der Waals surface area contributed by atoms with Crippen LogP contribution < -0.4 is 0 Å². The van der Waals surface area contributed by atoms with E-state index < -0.39 is 74.3 Å². The molecule has 2 heterocycles. The monoisotopic (exact) mass is 995 g/mol. The zero-order chi connectivity index (χ0) is 50.9. The van der Waals surface area contributed by atoms with Crippen molar-refractivity contribution in [2.75, 3.05) is 26.1 Å². The fourth-order valence-electron chi connectivity index (χ4n) is 8.30. The van der Waals surface area contributed by atoms with E-state index in [-0.39, 0.29) is 57.3 Å². The highest BCUT2D eigenvalue weighted by Gasteiger charge is 2.50. The van der Waals surface area contributed by atoms with Gasteiger partial charge in [-0.25, -0.2) is 8.42 Å². The first kappa shape index (κ1) is 59.1. The van der Waals surface area contributed by atoms with Crippen LogP contribution >= 0.6 is 0 Å². The second-order valence-corrected chi connectivity index (χ2v) is 35.0. The molecule has 2 aliphatic rings. The highest BCUT2D eigenvalue weighted by molar-refractivity contribution is 7.91. The van der Waals surface area contributed by atoms with E-state index in [4.69, 9.17) is 32.5 Å². The summed E-state index contributed by atoms with van der Waals surface area (Å²) in [5.41, 5.74) is 1.06. The summed E-state index contributed by atoms with van der Waals surface area (Å²) in [6.45, 7) is 40.3. The minimum absolute atomic E-state index is 0.0148. The van der Waals surface area contributed by atoms with Gasteiger partial charge in [-0.3, -0.25) is 9.59 Å². The van der Waals surface area contributed by atoms with Crippen LogP contribution in [0.1, 0.15) is 128 Å². The fourth-order valence-corrected chi connectivity index (χ4v) is 12.4. The van der Waals surface area contributed by atoms with Crippen LogP contribution in [0.2, 0.25) is 36.3 Å². The van der Waals surface area contributed by atoms with E-state index in [9.17, 15) is 23.1 Å². The zero-order valence-corrected chi connectivity index (χ0v) is 47.0. The first-order chi connectivity index (χ1) is 30.7. The Morgan fingerprint density at radius 2 is 1.52 bits per heavy atom. The molecule has 67 heavy (non-hydrogen) atoms. The largest absolute Gasteiger partial charge is 0.465 e. The highest BCUT2D eigenvalue weighted by atomic mass is 32.2. The number of hydrogen-bond donors (Lipinski definition) is 1. The average molecular weight is 996 g/mol. The smallest absolute Gasteiger partial charge is 0.311 e. The predicted molar refractivity (Wildman–Crippen MR) is 272 cm³/mol. The van der Waals surface area contributed by atoms with Gasteiger partial charge in [-0.05, 0) is 125 Å². The van der Waals surface area contributed by atoms with Gasteiger partial charge in [-0.15, -0.1) is 0 Å². The average Bonchev–Trinajstić information content (AvgIpc) is 3.72. The van der Waals surface area contributed by atoms with Gasteiger partial charge in [0.05, 0.1) is 72.0 Å². The summed E-state index contributed by atoms with van der Waals surface area (Å²) in [6, 6.07) is 8.39. The van der Waals surface area contributed by atoms with Gasteiger partial charge in [0.15, 0.2) is 26.5 Å². The van der Waals surface area contributed by atoms with E-state index in [0.29, 0.717) is 50.9 Å². The van der Waals surface area contributed by atoms with Crippen LogP contribution in [-0.2, 0) is 52.0 Å².